The van der Waals surface area contributed by atoms with Crippen molar-refractivity contribution in [2.45, 2.75) is 6.10 Å². The van der Waals surface area contributed by atoms with E-state index in [9.17, 15) is 14.9 Å². The van der Waals surface area contributed by atoms with Crippen LogP contribution in [0.4, 0.5) is 5.69 Å². The van der Waals surface area contributed by atoms with Gasteiger partial charge in [0.15, 0.2) is 0 Å². The molecule has 1 aromatic rings. The number of hydrogen-bond acceptors (Lipinski definition) is 5. The highest BCUT2D eigenvalue weighted by Gasteiger charge is 2.19. The first kappa shape index (κ1) is 15.6. The molecule has 0 aromatic heterocycles. The van der Waals surface area contributed by atoms with Gasteiger partial charge in [-0.05, 0) is 0 Å². The summed E-state index contributed by atoms with van der Waals surface area (Å²) in [5.41, 5.74) is -0.548. The molecule has 0 bridgehead atoms. The highest BCUT2D eigenvalue weighted by molar-refractivity contribution is 6.44. The lowest BCUT2D eigenvalue weighted by Crippen LogP contribution is -2.34. The first-order chi connectivity index (χ1) is 8.86. The van der Waals surface area contributed by atoms with Crippen molar-refractivity contribution in [2.24, 2.45) is 0 Å². The molecule has 0 fully saturated rings. The van der Waals surface area contributed by atoms with Gasteiger partial charge in [-0.15, -0.1) is 0 Å². The average Bonchev–Trinajstić information content (AvgIpc) is 2.38. The Labute approximate surface area is 117 Å². The molecule has 0 saturated heterocycles. The quantitative estimate of drug-likeness (QED) is 0.554. The van der Waals surface area contributed by atoms with Crippen molar-refractivity contribution in [2.75, 3.05) is 13.2 Å². The maximum atomic E-state index is 11.7. The number of carbonyl (C=O) groups is 1. The third-order valence-corrected chi connectivity index (χ3v) is 2.98. The summed E-state index contributed by atoms with van der Waals surface area (Å²) in [6, 6.07) is 2.01. The normalized spacial score (nSPS) is 12.0. The molecular weight excluding hydrogens is 299 g/mol. The largest absolute Gasteiger partial charge is 0.394 e. The highest BCUT2D eigenvalue weighted by Crippen LogP contribution is 2.30. The van der Waals surface area contributed by atoms with Crippen LogP contribution in [0.15, 0.2) is 12.1 Å². The summed E-state index contributed by atoms with van der Waals surface area (Å²) in [5, 5.41) is 30.4. The standard InChI is InChI=1S/C10H10Cl2N2O5/c11-8-2-5(14(18)19)1-7(9(8)12)10(17)13-3-6(16)4-15/h1-2,6,15-16H,3-4H2,(H,13,17). The summed E-state index contributed by atoms with van der Waals surface area (Å²) < 4.78 is 0. The SMILES string of the molecule is O=C(NCC(O)CO)c1cc([N+](=O)[O-])cc(Cl)c1Cl. The van der Waals surface area contributed by atoms with E-state index in [1.807, 2.05) is 0 Å². The van der Waals surface area contributed by atoms with Crippen LogP contribution in [0.5, 0.6) is 0 Å². The van der Waals surface area contributed by atoms with E-state index in [1.54, 1.807) is 0 Å². The van der Waals surface area contributed by atoms with E-state index in [1.165, 1.54) is 0 Å². The van der Waals surface area contributed by atoms with Crippen LogP contribution >= 0.6 is 23.2 Å². The van der Waals surface area contributed by atoms with Crippen molar-refractivity contribution < 1.29 is 19.9 Å². The van der Waals surface area contributed by atoms with Crippen LogP contribution in [0.3, 0.4) is 0 Å². The van der Waals surface area contributed by atoms with E-state index in [0.29, 0.717) is 0 Å². The number of benzene rings is 1. The van der Waals surface area contributed by atoms with Gasteiger partial charge in [-0.1, -0.05) is 23.2 Å². The molecule has 0 aliphatic rings. The van der Waals surface area contributed by atoms with Gasteiger partial charge in [0.1, 0.15) is 0 Å². The fourth-order valence-corrected chi connectivity index (χ4v) is 1.62. The number of hydrogen-bond donors (Lipinski definition) is 3. The molecule has 1 amide bonds. The zero-order chi connectivity index (χ0) is 14.6. The van der Waals surface area contributed by atoms with E-state index < -0.39 is 23.5 Å². The topological polar surface area (TPSA) is 113 Å². The van der Waals surface area contributed by atoms with E-state index >= 15 is 0 Å². The zero-order valence-electron chi connectivity index (χ0n) is 9.47. The Morgan fingerprint density at radius 3 is 2.63 bits per heavy atom. The molecule has 1 rings (SSSR count). The van der Waals surface area contributed by atoms with Gasteiger partial charge in [-0.25, -0.2) is 0 Å². The van der Waals surface area contributed by atoms with Crippen LogP contribution < -0.4 is 5.32 Å². The second-order valence-electron chi connectivity index (χ2n) is 3.59. The number of nitro benzene ring substituents is 1. The van der Waals surface area contributed by atoms with Gasteiger partial charge in [0.2, 0.25) is 0 Å². The maximum absolute atomic E-state index is 11.7. The minimum Gasteiger partial charge on any atom is -0.394 e. The molecule has 0 spiro atoms. The number of amides is 1. The van der Waals surface area contributed by atoms with Crippen LogP contribution in [0, 0.1) is 10.1 Å². The van der Waals surface area contributed by atoms with E-state index in [4.69, 9.17) is 33.4 Å². The molecule has 0 radical (unpaired) electrons. The third-order valence-electron chi connectivity index (χ3n) is 2.18. The lowest BCUT2D eigenvalue weighted by Gasteiger charge is -2.10. The summed E-state index contributed by atoms with van der Waals surface area (Å²) in [6.45, 7) is -0.740. The second-order valence-corrected chi connectivity index (χ2v) is 4.38. The van der Waals surface area contributed by atoms with E-state index in [2.05, 4.69) is 5.32 Å². The molecule has 9 heteroatoms. The molecule has 7 nitrogen and oxygen atoms in total. The monoisotopic (exact) mass is 308 g/mol. The summed E-state index contributed by atoms with van der Waals surface area (Å²) >= 11 is 11.5. The molecule has 3 N–H and O–H groups in total. The predicted molar refractivity (Wildman–Crippen MR) is 68.5 cm³/mol. The predicted octanol–water partition coefficient (Wildman–Crippen LogP) is 0.985. The number of aliphatic hydroxyl groups excluding tert-OH is 2. The third kappa shape index (κ3) is 4.03. The van der Waals surface area contributed by atoms with Gasteiger partial charge in [0, 0.05) is 18.7 Å². The number of nitrogens with zero attached hydrogens (tertiary/aromatic N) is 1. The fraction of sp³-hybridized carbons (Fsp3) is 0.300. The summed E-state index contributed by atoms with van der Waals surface area (Å²) in [4.78, 5) is 21.7. The maximum Gasteiger partial charge on any atom is 0.271 e. The summed E-state index contributed by atoms with van der Waals surface area (Å²) in [6.07, 6.45) is -1.13. The number of rotatable bonds is 5. The van der Waals surface area contributed by atoms with Crippen LogP contribution in [0.2, 0.25) is 10.0 Å². The number of nitro groups is 1. The Morgan fingerprint density at radius 1 is 1.47 bits per heavy atom. The minimum absolute atomic E-state index is 0.122. The number of non-ortho nitro benzene ring substituents is 1. The van der Waals surface area contributed by atoms with Crippen molar-refractivity contribution in [1.29, 1.82) is 0 Å². The van der Waals surface area contributed by atoms with Crippen LogP contribution in [-0.2, 0) is 0 Å². The number of halogens is 2. The second kappa shape index (κ2) is 6.67. The Bertz CT molecular complexity index is 509. The Morgan fingerprint density at radius 2 is 2.11 bits per heavy atom. The number of aliphatic hydroxyl groups is 2. The summed E-state index contributed by atoms with van der Waals surface area (Å²) in [5.74, 6) is -0.733. The van der Waals surface area contributed by atoms with Gasteiger partial charge >= 0.3 is 0 Å². The van der Waals surface area contributed by atoms with Gasteiger partial charge in [-0.2, -0.15) is 0 Å². The van der Waals surface area contributed by atoms with Crippen LogP contribution in [-0.4, -0.2) is 40.3 Å². The van der Waals surface area contributed by atoms with Gasteiger partial charge in [0.05, 0.1) is 33.2 Å². The van der Waals surface area contributed by atoms with Crippen molar-refractivity contribution in [3.63, 3.8) is 0 Å². The first-order valence-electron chi connectivity index (χ1n) is 5.07. The van der Waals surface area contributed by atoms with Gasteiger partial charge in [0.25, 0.3) is 11.6 Å². The number of nitrogens with one attached hydrogen (secondary N) is 1. The molecule has 0 saturated carbocycles. The highest BCUT2D eigenvalue weighted by atomic mass is 35.5. The molecule has 104 valence electrons. The van der Waals surface area contributed by atoms with Gasteiger partial charge < -0.3 is 15.5 Å². The average molecular weight is 309 g/mol. The van der Waals surface area contributed by atoms with E-state index in [0.717, 1.165) is 12.1 Å². The summed E-state index contributed by atoms with van der Waals surface area (Å²) in [7, 11) is 0. The van der Waals surface area contributed by atoms with Crippen molar-refractivity contribution in [3.05, 3.63) is 37.9 Å². The molecule has 1 atom stereocenters. The van der Waals surface area contributed by atoms with Gasteiger partial charge in [-0.3, -0.25) is 14.9 Å². The molecule has 0 heterocycles. The molecule has 0 aliphatic heterocycles. The first-order valence-corrected chi connectivity index (χ1v) is 5.83. The van der Waals surface area contributed by atoms with Crippen molar-refractivity contribution in [3.8, 4) is 0 Å². The molecule has 19 heavy (non-hydrogen) atoms. The van der Waals surface area contributed by atoms with Crippen LogP contribution in [0.25, 0.3) is 0 Å². The van der Waals surface area contributed by atoms with E-state index in [-0.39, 0.29) is 27.8 Å². The molecule has 1 unspecified atom stereocenters. The van der Waals surface area contributed by atoms with Crippen LogP contribution in [0.1, 0.15) is 10.4 Å². The molecule has 1 aromatic carbocycles. The Hall–Kier alpha value is -1.41. The lowest BCUT2D eigenvalue weighted by molar-refractivity contribution is -0.384. The zero-order valence-corrected chi connectivity index (χ0v) is 11.0. The Balaban J connectivity index is 2.98. The number of carbonyl (C=O) groups excluding carboxylic acids is 1. The Kier molecular flexibility index (Phi) is 5.49. The molecular formula is C10H10Cl2N2O5. The lowest BCUT2D eigenvalue weighted by atomic mass is 10.2. The smallest absolute Gasteiger partial charge is 0.271 e. The van der Waals surface area contributed by atoms with Crippen molar-refractivity contribution in [1.82, 2.24) is 5.32 Å². The minimum atomic E-state index is -1.13. The molecule has 0 aliphatic carbocycles. The van der Waals surface area contributed by atoms with Crippen molar-refractivity contribution >= 4 is 34.8 Å². The fourth-order valence-electron chi connectivity index (χ4n) is 1.22.